The molecule has 0 bridgehead atoms. The topological polar surface area (TPSA) is 61.5 Å². The Labute approximate surface area is 115 Å². The summed E-state index contributed by atoms with van der Waals surface area (Å²) >= 11 is 0. The van der Waals surface area contributed by atoms with E-state index >= 15 is 0 Å². The summed E-state index contributed by atoms with van der Waals surface area (Å²) in [5.74, 6) is -0.775. The largest absolute Gasteiger partial charge is 0.494 e. The standard InChI is InChI=1S/C15H14FNO3/c1-19-14-11(6-4-8-13(14)17)15(18)20-9-10-5-2-3-7-12(10)16/h2-8H,9,17H2,1H3. The number of nitrogens with two attached hydrogens (primary N) is 1. The van der Waals surface area contributed by atoms with E-state index in [1.165, 1.54) is 13.2 Å². The second-order valence-electron chi connectivity index (χ2n) is 4.10. The predicted molar refractivity (Wildman–Crippen MR) is 72.9 cm³/mol. The van der Waals surface area contributed by atoms with Gasteiger partial charge in [-0.05, 0) is 18.2 Å². The summed E-state index contributed by atoms with van der Waals surface area (Å²) in [6.45, 7) is -0.149. The SMILES string of the molecule is COc1c(N)cccc1C(=O)OCc1ccccc1F. The van der Waals surface area contributed by atoms with Gasteiger partial charge in [0.2, 0.25) is 0 Å². The van der Waals surface area contributed by atoms with Crippen molar-refractivity contribution >= 4 is 11.7 Å². The van der Waals surface area contributed by atoms with Crippen LogP contribution in [0.2, 0.25) is 0 Å². The molecular weight excluding hydrogens is 261 g/mol. The molecule has 2 N–H and O–H groups in total. The van der Waals surface area contributed by atoms with Gasteiger partial charge < -0.3 is 15.2 Å². The van der Waals surface area contributed by atoms with Crippen LogP contribution in [0.15, 0.2) is 42.5 Å². The minimum Gasteiger partial charge on any atom is -0.494 e. The van der Waals surface area contributed by atoms with Gasteiger partial charge in [0.05, 0.1) is 12.8 Å². The van der Waals surface area contributed by atoms with E-state index < -0.39 is 11.8 Å². The molecular formula is C15H14FNO3. The average Bonchev–Trinajstić information content (AvgIpc) is 2.46. The monoisotopic (exact) mass is 275 g/mol. The quantitative estimate of drug-likeness (QED) is 0.688. The first kappa shape index (κ1) is 13.9. The predicted octanol–water partition coefficient (Wildman–Crippen LogP) is 2.77. The molecule has 0 heterocycles. The Kier molecular flexibility index (Phi) is 4.20. The number of carbonyl (C=O) groups is 1. The molecule has 0 spiro atoms. The molecule has 20 heavy (non-hydrogen) atoms. The fourth-order valence-corrected chi connectivity index (χ4v) is 1.78. The lowest BCUT2D eigenvalue weighted by Crippen LogP contribution is -2.09. The average molecular weight is 275 g/mol. The van der Waals surface area contributed by atoms with Gasteiger partial charge in [0.25, 0.3) is 0 Å². The van der Waals surface area contributed by atoms with E-state index in [2.05, 4.69) is 0 Å². The van der Waals surface area contributed by atoms with Crippen molar-refractivity contribution in [1.82, 2.24) is 0 Å². The van der Waals surface area contributed by atoms with Crippen molar-refractivity contribution in [3.8, 4) is 5.75 Å². The Balaban J connectivity index is 2.14. The van der Waals surface area contributed by atoms with Crippen molar-refractivity contribution in [2.24, 2.45) is 0 Å². The Morgan fingerprint density at radius 2 is 1.95 bits per heavy atom. The number of hydrogen-bond acceptors (Lipinski definition) is 4. The number of nitrogen functional groups attached to an aromatic ring is 1. The van der Waals surface area contributed by atoms with Gasteiger partial charge >= 0.3 is 5.97 Å². The second-order valence-corrected chi connectivity index (χ2v) is 4.10. The van der Waals surface area contributed by atoms with E-state index in [0.717, 1.165) is 0 Å². The lowest BCUT2D eigenvalue weighted by Gasteiger charge is -2.11. The molecule has 0 saturated heterocycles. The highest BCUT2D eigenvalue weighted by Gasteiger charge is 2.16. The van der Waals surface area contributed by atoms with Gasteiger partial charge in [0.15, 0.2) is 5.75 Å². The van der Waals surface area contributed by atoms with Crippen molar-refractivity contribution in [2.75, 3.05) is 12.8 Å². The third-order valence-electron chi connectivity index (χ3n) is 2.79. The zero-order valence-corrected chi connectivity index (χ0v) is 10.9. The molecule has 5 heteroatoms. The van der Waals surface area contributed by atoms with Gasteiger partial charge in [-0.1, -0.05) is 24.3 Å². The van der Waals surface area contributed by atoms with Crippen molar-refractivity contribution in [2.45, 2.75) is 6.61 Å². The summed E-state index contributed by atoms with van der Waals surface area (Å²) in [5.41, 5.74) is 6.57. The fraction of sp³-hybridized carbons (Fsp3) is 0.133. The smallest absolute Gasteiger partial charge is 0.342 e. The Bertz CT molecular complexity index is 628. The number of ether oxygens (including phenoxy) is 2. The van der Waals surface area contributed by atoms with Crippen LogP contribution in [0, 0.1) is 5.82 Å². The maximum absolute atomic E-state index is 13.4. The molecule has 2 rings (SSSR count). The molecule has 0 aromatic heterocycles. The molecule has 0 unspecified atom stereocenters. The third kappa shape index (κ3) is 2.88. The number of hydrogen-bond donors (Lipinski definition) is 1. The van der Waals surface area contributed by atoms with Crippen LogP contribution in [-0.2, 0) is 11.3 Å². The van der Waals surface area contributed by atoms with E-state index in [1.54, 1.807) is 36.4 Å². The van der Waals surface area contributed by atoms with Crippen molar-refractivity contribution < 1.29 is 18.7 Å². The molecule has 2 aromatic rings. The Morgan fingerprint density at radius 1 is 1.20 bits per heavy atom. The van der Waals surface area contributed by atoms with Gasteiger partial charge in [-0.3, -0.25) is 0 Å². The normalized spacial score (nSPS) is 10.1. The summed E-state index contributed by atoms with van der Waals surface area (Å²) < 4.78 is 23.6. The van der Waals surface area contributed by atoms with E-state index in [0.29, 0.717) is 11.3 Å². The molecule has 4 nitrogen and oxygen atoms in total. The van der Waals surface area contributed by atoms with Crippen LogP contribution in [0.3, 0.4) is 0 Å². The summed E-state index contributed by atoms with van der Waals surface area (Å²) in [6.07, 6.45) is 0. The van der Waals surface area contributed by atoms with Crippen LogP contribution in [0.1, 0.15) is 15.9 Å². The summed E-state index contributed by atoms with van der Waals surface area (Å²) in [6, 6.07) is 10.9. The zero-order valence-electron chi connectivity index (χ0n) is 10.9. The second kappa shape index (κ2) is 6.06. The Hall–Kier alpha value is -2.56. The molecule has 0 radical (unpaired) electrons. The first-order valence-corrected chi connectivity index (χ1v) is 5.96. The van der Waals surface area contributed by atoms with E-state index in [9.17, 15) is 9.18 Å². The highest BCUT2D eigenvalue weighted by atomic mass is 19.1. The molecule has 0 atom stereocenters. The lowest BCUT2D eigenvalue weighted by molar-refractivity contribution is 0.0465. The van der Waals surface area contributed by atoms with Gasteiger partial charge in [0, 0.05) is 5.56 Å². The highest BCUT2D eigenvalue weighted by Crippen LogP contribution is 2.26. The maximum Gasteiger partial charge on any atom is 0.342 e. The van der Waals surface area contributed by atoms with Crippen LogP contribution < -0.4 is 10.5 Å². The zero-order chi connectivity index (χ0) is 14.5. The fourth-order valence-electron chi connectivity index (χ4n) is 1.78. The van der Waals surface area contributed by atoms with E-state index in [-0.39, 0.29) is 17.9 Å². The minimum absolute atomic E-state index is 0.149. The molecule has 0 aliphatic heterocycles. The van der Waals surface area contributed by atoms with Gasteiger partial charge in [-0.2, -0.15) is 0 Å². The molecule has 0 saturated carbocycles. The van der Waals surface area contributed by atoms with Crippen molar-refractivity contribution in [3.63, 3.8) is 0 Å². The van der Waals surface area contributed by atoms with Crippen LogP contribution in [-0.4, -0.2) is 13.1 Å². The van der Waals surface area contributed by atoms with Crippen LogP contribution in [0.4, 0.5) is 10.1 Å². The summed E-state index contributed by atoms with van der Waals surface area (Å²) in [7, 11) is 1.42. The number of halogens is 1. The van der Waals surface area contributed by atoms with Gasteiger partial charge in [-0.15, -0.1) is 0 Å². The number of rotatable bonds is 4. The minimum atomic E-state index is -0.614. The highest BCUT2D eigenvalue weighted by molar-refractivity contribution is 5.94. The molecule has 0 fully saturated rings. The third-order valence-corrected chi connectivity index (χ3v) is 2.79. The number of para-hydroxylation sites is 1. The summed E-state index contributed by atoms with van der Waals surface area (Å²) in [5, 5.41) is 0. The molecule has 0 aliphatic carbocycles. The van der Waals surface area contributed by atoms with Crippen LogP contribution in [0.5, 0.6) is 5.75 Å². The number of methoxy groups -OCH3 is 1. The number of anilines is 1. The van der Waals surface area contributed by atoms with Crippen molar-refractivity contribution in [1.29, 1.82) is 0 Å². The van der Waals surface area contributed by atoms with Crippen molar-refractivity contribution in [3.05, 3.63) is 59.4 Å². The molecule has 0 aliphatic rings. The van der Waals surface area contributed by atoms with Crippen LogP contribution >= 0.6 is 0 Å². The van der Waals surface area contributed by atoms with Crippen LogP contribution in [0.25, 0.3) is 0 Å². The molecule has 0 amide bonds. The number of esters is 1. The Morgan fingerprint density at radius 3 is 2.65 bits per heavy atom. The lowest BCUT2D eigenvalue weighted by atomic mass is 10.1. The van der Waals surface area contributed by atoms with E-state index in [1.807, 2.05) is 0 Å². The molecule has 104 valence electrons. The summed E-state index contributed by atoms with van der Waals surface area (Å²) in [4.78, 5) is 12.0. The maximum atomic E-state index is 13.4. The number of benzene rings is 2. The molecule has 2 aromatic carbocycles. The number of carbonyl (C=O) groups excluding carboxylic acids is 1. The van der Waals surface area contributed by atoms with Gasteiger partial charge in [-0.25, -0.2) is 9.18 Å². The van der Waals surface area contributed by atoms with Gasteiger partial charge in [0.1, 0.15) is 18.0 Å². The first-order valence-electron chi connectivity index (χ1n) is 5.96. The first-order chi connectivity index (χ1) is 9.63. The van der Waals surface area contributed by atoms with E-state index in [4.69, 9.17) is 15.2 Å².